The van der Waals surface area contributed by atoms with Crippen molar-refractivity contribution in [2.45, 2.75) is 13.5 Å². The Morgan fingerprint density at radius 3 is 2.28 bits per heavy atom. The number of nitrogens with one attached hydrogen (secondary N) is 2. The molecule has 2 N–H and O–H groups in total. The van der Waals surface area contributed by atoms with Crippen LogP contribution in [0, 0.1) is 6.92 Å². The van der Waals surface area contributed by atoms with E-state index in [1.165, 1.54) is 25.3 Å². The largest absolute Gasteiger partial charge is 0.497 e. The summed E-state index contributed by atoms with van der Waals surface area (Å²) in [5.41, 5.74) is 2.80. The molecule has 0 bridgehead atoms. The lowest BCUT2D eigenvalue weighted by atomic mass is 10.0. The zero-order valence-electron chi connectivity index (χ0n) is 17.5. The van der Waals surface area contributed by atoms with E-state index in [4.69, 9.17) is 4.74 Å². The highest BCUT2D eigenvalue weighted by Gasteiger charge is 2.14. The number of hydrogen-bond donors (Lipinski definition) is 2. The molecule has 0 aliphatic heterocycles. The number of aryl methyl sites for hydroxylation is 1. The maximum absolute atomic E-state index is 12.8. The van der Waals surface area contributed by atoms with Crippen LogP contribution < -0.4 is 20.1 Å². The van der Waals surface area contributed by atoms with E-state index in [0.717, 1.165) is 5.56 Å². The summed E-state index contributed by atoms with van der Waals surface area (Å²) in [5.74, 6) is -0.261. The fourth-order valence-corrected chi connectivity index (χ4v) is 2.98. The number of carbonyl (C=O) groups excluding carboxylic acids is 2. The molecule has 0 spiro atoms. The Morgan fingerprint density at radius 2 is 1.66 bits per heavy atom. The number of halogens is 2. The minimum Gasteiger partial charge on any atom is -0.497 e. The number of rotatable bonds is 8. The van der Waals surface area contributed by atoms with Crippen LogP contribution in [0.3, 0.4) is 0 Å². The van der Waals surface area contributed by atoms with E-state index in [-0.39, 0.29) is 18.2 Å². The molecule has 0 radical (unpaired) electrons. The standard InChI is InChI=1S/C24H22F2N2O4/c1-15-3-5-17(6-4-15)23(30)27-14-22(29)28-18-9-12-21(32-24(25)26)20(13-18)16-7-10-19(31-2)11-8-16/h3-13,24H,14H2,1-2H3,(H,27,30)(H,28,29). The van der Waals surface area contributed by atoms with Crippen LogP contribution >= 0.6 is 0 Å². The number of alkyl halides is 2. The van der Waals surface area contributed by atoms with Gasteiger partial charge in [-0.3, -0.25) is 9.59 Å². The lowest BCUT2D eigenvalue weighted by Crippen LogP contribution is -2.32. The Labute approximate surface area is 184 Å². The summed E-state index contributed by atoms with van der Waals surface area (Å²) in [5, 5.41) is 5.20. The highest BCUT2D eigenvalue weighted by Crippen LogP contribution is 2.34. The summed E-state index contributed by atoms with van der Waals surface area (Å²) in [7, 11) is 1.52. The Bertz CT molecular complexity index is 1080. The van der Waals surface area contributed by atoms with Crippen molar-refractivity contribution in [3.05, 3.63) is 77.9 Å². The first-order valence-corrected chi connectivity index (χ1v) is 9.73. The van der Waals surface area contributed by atoms with Gasteiger partial charge in [0.25, 0.3) is 5.91 Å². The minimum absolute atomic E-state index is 0.0316. The van der Waals surface area contributed by atoms with Crippen molar-refractivity contribution in [2.75, 3.05) is 19.0 Å². The van der Waals surface area contributed by atoms with Crippen LogP contribution in [0.25, 0.3) is 11.1 Å². The average Bonchev–Trinajstić information content (AvgIpc) is 2.78. The molecule has 0 unspecified atom stereocenters. The Morgan fingerprint density at radius 1 is 0.969 bits per heavy atom. The minimum atomic E-state index is -3.00. The van der Waals surface area contributed by atoms with E-state index in [9.17, 15) is 18.4 Å². The van der Waals surface area contributed by atoms with Gasteiger partial charge in [-0.15, -0.1) is 0 Å². The molecule has 6 nitrogen and oxygen atoms in total. The van der Waals surface area contributed by atoms with Gasteiger partial charge >= 0.3 is 6.61 Å². The third-order valence-electron chi connectivity index (χ3n) is 4.60. The van der Waals surface area contributed by atoms with Crippen molar-refractivity contribution in [3.8, 4) is 22.6 Å². The summed E-state index contributed by atoms with van der Waals surface area (Å²) in [4.78, 5) is 24.5. The van der Waals surface area contributed by atoms with Gasteiger partial charge in [0.15, 0.2) is 0 Å². The van der Waals surface area contributed by atoms with Gasteiger partial charge in [-0.25, -0.2) is 0 Å². The lowest BCUT2D eigenvalue weighted by molar-refractivity contribution is -0.115. The first-order valence-electron chi connectivity index (χ1n) is 9.73. The second kappa shape index (κ2) is 10.4. The molecule has 3 aromatic rings. The molecule has 0 atom stereocenters. The Balaban J connectivity index is 1.72. The highest BCUT2D eigenvalue weighted by atomic mass is 19.3. The van der Waals surface area contributed by atoms with Gasteiger partial charge in [0, 0.05) is 16.8 Å². The average molecular weight is 440 g/mol. The van der Waals surface area contributed by atoms with Gasteiger partial charge in [0.05, 0.1) is 13.7 Å². The zero-order valence-corrected chi connectivity index (χ0v) is 17.5. The van der Waals surface area contributed by atoms with Crippen molar-refractivity contribution >= 4 is 17.5 Å². The van der Waals surface area contributed by atoms with Crippen molar-refractivity contribution in [3.63, 3.8) is 0 Å². The molecule has 8 heteroatoms. The molecule has 32 heavy (non-hydrogen) atoms. The molecule has 0 aromatic heterocycles. The molecule has 2 amide bonds. The van der Waals surface area contributed by atoms with Gasteiger partial charge in [0.1, 0.15) is 11.5 Å². The van der Waals surface area contributed by atoms with Crippen LogP contribution in [0.15, 0.2) is 66.7 Å². The smallest absolute Gasteiger partial charge is 0.387 e. The van der Waals surface area contributed by atoms with Crippen molar-refractivity contribution in [1.82, 2.24) is 5.32 Å². The maximum atomic E-state index is 12.8. The van der Waals surface area contributed by atoms with Gasteiger partial charge in [-0.2, -0.15) is 8.78 Å². The molecule has 0 aliphatic rings. The topological polar surface area (TPSA) is 76.7 Å². The number of hydrogen-bond acceptors (Lipinski definition) is 4. The maximum Gasteiger partial charge on any atom is 0.387 e. The molecule has 0 saturated heterocycles. The second-order valence-electron chi connectivity index (χ2n) is 6.91. The number of carbonyl (C=O) groups is 2. The van der Waals surface area contributed by atoms with Gasteiger partial charge in [-0.05, 0) is 55.0 Å². The van der Waals surface area contributed by atoms with Gasteiger partial charge < -0.3 is 20.1 Å². The Hall–Kier alpha value is -3.94. The third kappa shape index (κ3) is 6.04. The third-order valence-corrected chi connectivity index (χ3v) is 4.60. The van der Waals surface area contributed by atoms with Crippen molar-refractivity contribution < 1.29 is 27.8 Å². The molecule has 166 valence electrons. The molecular formula is C24H22F2N2O4. The molecule has 0 heterocycles. The molecule has 3 aromatic carbocycles. The van der Waals surface area contributed by atoms with E-state index < -0.39 is 12.5 Å². The van der Waals surface area contributed by atoms with E-state index in [2.05, 4.69) is 15.4 Å². The monoisotopic (exact) mass is 440 g/mol. The molecule has 0 saturated carbocycles. The predicted molar refractivity (Wildman–Crippen MR) is 117 cm³/mol. The summed E-state index contributed by atoms with van der Waals surface area (Å²) in [6, 6.07) is 18.0. The van der Waals surface area contributed by atoms with Crippen LogP contribution in [-0.2, 0) is 4.79 Å². The normalized spacial score (nSPS) is 10.5. The SMILES string of the molecule is COc1ccc(-c2cc(NC(=O)CNC(=O)c3ccc(C)cc3)ccc2OC(F)F)cc1. The van der Waals surface area contributed by atoms with Crippen LogP contribution in [0.2, 0.25) is 0 Å². The quantitative estimate of drug-likeness (QED) is 0.535. The van der Waals surface area contributed by atoms with Crippen molar-refractivity contribution in [2.24, 2.45) is 0 Å². The summed E-state index contributed by atoms with van der Waals surface area (Å²) < 4.78 is 35.4. The van der Waals surface area contributed by atoms with Crippen molar-refractivity contribution in [1.29, 1.82) is 0 Å². The second-order valence-corrected chi connectivity index (χ2v) is 6.91. The highest BCUT2D eigenvalue weighted by molar-refractivity contribution is 5.99. The fraction of sp³-hybridized carbons (Fsp3) is 0.167. The zero-order chi connectivity index (χ0) is 23.1. The fourth-order valence-electron chi connectivity index (χ4n) is 2.98. The number of anilines is 1. The first kappa shape index (κ1) is 22.7. The van der Waals surface area contributed by atoms with E-state index in [1.54, 1.807) is 48.5 Å². The van der Waals surface area contributed by atoms with Crippen LogP contribution in [0.4, 0.5) is 14.5 Å². The van der Waals surface area contributed by atoms with E-state index >= 15 is 0 Å². The van der Waals surface area contributed by atoms with E-state index in [1.807, 2.05) is 6.92 Å². The molecule has 0 aliphatic carbocycles. The number of amides is 2. The number of benzene rings is 3. The molecule has 3 rings (SSSR count). The van der Waals surface area contributed by atoms with E-state index in [0.29, 0.717) is 28.1 Å². The first-order chi connectivity index (χ1) is 15.4. The van der Waals surface area contributed by atoms with Crippen LogP contribution in [0.5, 0.6) is 11.5 Å². The summed E-state index contributed by atoms with van der Waals surface area (Å²) >= 11 is 0. The summed E-state index contributed by atoms with van der Waals surface area (Å²) in [6.07, 6.45) is 0. The lowest BCUT2D eigenvalue weighted by Gasteiger charge is -2.14. The number of methoxy groups -OCH3 is 1. The van der Waals surface area contributed by atoms with Gasteiger partial charge in [-0.1, -0.05) is 29.8 Å². The Kier molecular flexibility index (Phi) is 7.38. The van der Waals surface area contributed by atoms with Gasteiger partial charge in [0.2, 0.25) is 5.91 Å². The summed E-state index contributed by atoms with van der Waals surface area (Å²) in [6.45, 7) is -1.34. The van der Waals surface area contributed by atoms with Crippen LogP contribution in [0.1, 0.15) is 15.9 Å². The molecule has 0 fully saturated rings. The van der Waals surface area contributed by atoms with Crippen LogP contribution in [-0.4, -0.2) is 32.1 Å². The molecular weight excluding hydrogens is 418 g/mol. The predicted octanol–water partition coefficient (Wildman–Crippen LogP) is 4.64. The number of ether oxygens (including phenoxy) is 2.